The van der Waals surface area contributed by atoms with E-state index in [4.69, 9.17) is 33.8 Å². The Bertz CT molecular complexity index is 2060. The van der Waals surface area contributed by atoms with Gasteiger partial charge < -0.3 is 54.0 Å². The Morgan fingerprint density at radius 1 is 0.614 bits per heavy atom. The van der Waals surface area contributed by atoms with E-state index in [0.717, 1.165) is 11.1 Å². The van der Waals surface area contributed by atoms with Crippen molar-refractivity contribution in [3.63, 3.8) is 0 Å². The van der Waals surface area contributed by atoms with Gasteiger partial charge in [-0.05, 0) is 68.4 Å². The molecule has 2 aromatic rings. The SMILES string of the molecule is CCCC1NC(=O)CC(CCCCC(=N)N)CN(CC(N)=O)C(=O)C(Cc2ccccc2)NC1=O.N=C(N)CCCCC1CC(=O)NCCCCC(=O)NC(Cc2ccccc2)CN(CC(N)=O)C1=O. The molecule has 14 N–H and O–H groups in total. The number of rotatable bonds is 20. The molecule has 2 aliphatic heterocycles. The van der Waals surface area contributed by atoms with Gasteiger partial charge in [-0.15, -0.1) is 0 Å². The van der Waals surface area contributed by atoms with Crippen LogP contribution in [0.2, 0.25) is 0 Å². The van der Waals surface area contributed by atoms with E-state index < -0.39 is 47.7 Å². The molecule has 384 valence electrons. The number of primary amides is 2. The Hall–Kier alpha value is -6.86. The number of carbonyl (C=O) groups excluding carboxylic acids is 8. The molecule has 2 saturated heterocycles. The maximum absolute atomic E-state index is 13.6. The van der Waals surface area contributed by atoms with Crippen LogP contribution in [0, 0.1) is 22.7 Å². The average molecular weight is 973 g/mol. The highest BCUT2D eigenvalue weighted by Crippen LogP contribution is 2.21. The van der Waals surface area contributed by atoms with Crippen molar-refractivity contribution in [2.24, 2.45) is 34.8 Å². The predicted octanol–water partition coefficient (Wildman–Crippen LogP) is 1.66. The molecule has 2 heterocycles. The van der Waals surface area contributed by atoms with Gasteiger partial charge >= 0.3 is 0 Å². The minimum atomic E-state index is -0.906. The number of hydrogen-bond donors (Lipinski definition) is 10. The van der Waals surface area contributed by atoms with Crippen LogP contribution in [0.3, 0.4) is 0 Å². The summed E-state index contributed by atoms with van der Waals surface area (Å²) in [5.41, 5.74) is 23.6. The molecular weight excluding hydrogens is 897 g/mol. The second kappa shape index (κ2) is 31.3. The molecule has 0 aliphatic carbocycles. The third-order valence-corrected chi connectivity index (χ3v) is 12.0. The molecule has 5 atom stereocenters. The fourth-order valence-electron chi connectivity index (χ4n) is 8.61. The van der Waals surface area contributed by atoms with E-state index >= 15 is 0 Å². The summed E-state index contributed by atoms with van der Waals surface area (Å²) < 4.78 is 0. The Morgan fingerprint density at radius 3 is 1.76 bits per heavy atom. The summed E-state index contributed by atoms with van der Waals surface area (Å²) in [5, 5.41) is 26.3. The largest absolute Gasteiger partial charge is 0.388 e. The second-order valence-corrected chi connectivity index (χ2v) is 18.3. The highest BCUT2D eigenvalue weighted by atomic mass is 16.2. The summed E-state index contributed by atoms with van der Waals surface area (Å²) in [6, 6.07) is 16.8. The first-order chi connectivity index (χ1) is 33.4. The summed E-state index contributed by atoms with van der Waals surface area (Å²) in [5.74, 6) is -3.84. The Morgan fingerprint density at radius 2 is 1.19 bits per heavy atom. The van der Waals surface area contributed by atoms with Crippen LogP contribution in [-0.4, -0.2) is 120 Å². The van der Waals surface area contributed by atoms with Gasteiger partial charge in [-0.2, -0.15) is 0 Å². The maximum Gasteiger partial charge on any atom is 0.245 e. The van der Waals surface area contributed by atoms with Gasteiger partial charge in [-0.25, -0.2) is 0 Å². The van der Waals surface area contributed by atoms with Crippen molar-refractivity contribution < 1.29 is 38.4 Å². The van der Waals surface area contributed by atoms with Crippen LogP contribution < -0.4 is 44.2 Å². The van der Waals surface area contributed by atoms with Gasteiger partial charge in [0.05, 0.1) is 30.8 Å². The summed E-state index contributed by atoms with van der Waals surface area (Å²) >= 11 is 0. The fourth-order valence-corrected chi connectivity index (χ4v) is 8.61. The maximum atomic E-state index is 13.6. The van der Waals surface area contributed by atoms with Crippen LogP contribution in [0.1, 0.15) is 114 Å². The molecule has 0 aromatic heterocycles. The number of carbonyl (C=O) groups is 8. The normalized spacial score (nSPS) is 21.0. The second-order valence-electron chi connectivity index (χ2n) is 18.3. The Labute approximate surface area is 411 Å². The smallest absolute Gasteiger partial charge is 0.245 e. The third-order valence-electron chi connectivity index (χ3n) is 12.0. The van der Waals surface area contributed by atoms with Crippen molar-refractivity contribution in [1.29, 1.82) is 10.8 Å². The monoisotopic (exact) mass is 973 g/mol. The molecule has 0 spiro atoms. The lowest BCUT2D eigenvalue weighted by Crippen LogP contribution is -2.55. The molecule has 2 aliphatic rings. The minimum Gasteiger partial charge on any atom is -0.388 e. The standard InChI is InChI=1S/2C25H38N6O4/c1-2-8-19-24(34)30-20(13-17-9-4-3-5-10-17)25(35)31(16-22(28)32)15-18(14-23(33)29-19)11-6-7-12-21(26)27;26-21(27)11-5-4-10-19-15-24(34)29-13-7-6-12-23(33)30-20(14-18-8-2-1-3-9-18)16-31(25(19)35)17-22(28)32/h3-5,9-10,18-20H,2,6-8,11-16H2,1H3,(H3,26,27)(H2,28,32)(H,29,33)(H,30,34);1-3,8-9,19-20H,4-7,10-17H2,(H3,26,27)(H2,28,32)(H,29,34)(H,30,33). The van der Waals surface area contributed by atoms with Crippen molar-refractivity contribution in [3.05, 3.63) is 71.8 Å². The first kappa shape index (κ1) is 57.5. The van der Waals surface area contributed by atoms with Gasteiger partial charge in [-0.1, -0.05) is 86.8 Å². The molecule has 20 nitrogen and oxygen atoms in total. The number of unbranched alkanes of at least 4 members (excludes halogenated alkanes) is 2. The first-order valence-corrected chi connectivity index (χ1v) is 24.5. The number of amidine groups is 2. The average Bonchev–Trinajstić information content (AvgIpc) is 3.31. The number of benzene rings is 2. The molecule has 0 radical (unpaired) electrons. The molecule has 0 bridgehead atoms. The van der Waals surface area contributed by atoms with Crippen LogP contribution in [0.25, 0.3) is 0 Å². The van der Waals surface area contributed by atoms with Gasteiger partial charge in [0, 0.05) is 64.1 Å². The van der Waals surface area contributed by atoms with Crippen molar-refractivity contribution in [2.45, 2.75) is 134 Å². The summed E-state index contributed by atoms with van der Waals surface area (Å²) in [4.78, 5) is 105. The molecular formula is C50H76N12O8. The lowest BCUT2D eigenvalue weighted by Gasteiger charge is -2.31. The van der Waals surface area contributed by atoms with Crippen LogP contribution in [-0.2, 0) is 51.2 Å². The molecule has 2 fully saturated rings. The molecule has 2 aromatic carbocycles. The quantitative estimate of drug-likeness (QED) is 0.0520. The number of amides is 8. The van der Waals surface area contributed by atoms with E-state index in [9.17, 15) is 38.4 Å². The van der Waals surface area contributed by atoms with Gasteiger partial charge in [0.25, 0.3) is 0 Å². The highest BCUT2D eigenvalue weighted by molar-refractivity contribution is 5.94. The molecule has 0 saturated carbocycles. The molecule has 8 amide bonds. The lowest BCUT2D eigenvalue weighted by atomic mass is 9.94. The molecule has 20 heteroatoms. The van der Waals surface area contributed by atoms with Crippen molar-refractivity contribution in [3.8, 4) is 0 Å². The van der Waals surface area contributed by atoms with Crippen molar-refractivity contribution >= 4 is 58.9 Å². The van der Waals surface area contributed by atoms with E-state index in [1.807, 2.05) is 67.6 Å². The number of hydrogen-bond acceptors (Lipinski definition) is 10. The zero-order valence-electron chi connectivity index (χ0n) is 40.7. The predicted molar refractivity (Wildman–Crippen MR) is 266 cm³/mol. The Kier molecular flexibility index (Phi) is 25.7. The van der Waals surface area contributed by atoms with E-state index in [0.29, 0.717) is 96.4 Å². The zero-order valence-corrected chi connectivity index (χ0v) is 40.7. The molecule has 4 rings (SSSR count). The van der Waals surface area contributed by atoms with Crippen molar-refractivity contribution in [1.82, 2.24) is 31.1 Å². The topological polar surface area (TPSA) is 343 Å². The Balaban J connectivity index is 0.000000370. The zero-order chi connectivity index (χ0) is 51.4. The van der Waals surface area contributed by atoms with Crippen LogP contribution in [0.15, 0.2) is 60.7 Å². The van der Waals surface area contributed by atoms with E-state index in [1.54, 1.807) is 0 Å². The minimum absolute atomic E-state index is 0.00385. The number of nitrogens with two attached hydrogens (primary N) is 4. The van der Waals surface area contributed by atoms with E-state index in [-0.39, 0.29) is 86.7 Å². The van der Waals surface area contributed by atoms with Gasteiger partial charge in [0.1, 0.15) is 12.1 Å². The number of nitrogens with one attached hydrogen (secondary N) is 6. The van der Waals surface area contributed by atoms with Gasteiger partial charge in [-0.3, -0.25) is 49.2 Å². The van der Waals surface area contributed by atoms with Crippen LogP contribution >= 0.6 is 0 Å². The molecule has 5 unspecified atom stereocenters. The fraction of sp³-hybridized carbons (Fsp3) is 0.560. The van der Waals surface area contributed by atoms with Crippen LogP contribution in [0.5, 0.6) is 0 Å². The molecule has 70 heavy (non-hydrogen) atoms. The number of nitrogens with zero attached hydrogens (tertiary/aromatic N) is 2. The lowest BCUT2D eigenvalue weighted by molar-refractivity contribution is -0.141. The summed E-state index contributed by atoms with van der Waals surface area (Å²) in [6.45, 7) is 2.01. The summed E-state index contributed by atoms with van der Waals surface area (Å²) in [7, 11) is 0. The van der Waals surface area contributed by atoms with E-state index in [1.165, 1.54) is 9.80 Å². The first-order valence-electron chi connectivity index (χ1n) is 24.5. The third kappa shape index (κ3) is 23.0. The van der Waals surface area contributed by atoms with Crippen molar-refractivity contribution in [2.75, 3.05) is 32.7 Å². The highest BCUT2D eigenvalue weighted by Gasteiger charge is 2.34. The summed E-state index contributed by atoms with van der Waals surface area (Å²) in [6.07, 6.45) is 8.10. The van der Waals surface area contributed by atoms with Gasteiger partial charge in [0.15, 0.2) is 0 Å². The van der Waals surface area contributed by atoms with E-state index in [2.05, 4.69) is 21.3 Å². The van der Waals surface area contributed by atoms with Gasteiger partial charge in [0.2, 0.25) is 47.3 Å². The van der Waals surface area contributed by atoms with Crippen LogP contribution in [0.4, 0.5) is 0 Å².